The third-order valence-electron chi connectivity index (χ3n) is 2.84. The molecule has 0 aliphatic heterocycles. The molecule has 0 heterocycles. The second kappa shape index (κ2) is 5.52. The average molecular weight is 270 g/mol. The van der Waals surface area contributed by atoms with E-state index in [0.717, 1.165) is 5.56 Å². The van der Waals surface area contributed by atoms with E-state index in [-0.39, 0.29) is 11.3 Å². The maximum Gasteiger partial charge on any atom is 0.322 e. The van der Waals surface area contributed by atoms with Crippen molar-refractivity contribution in [1.82, 2.24) is 0 Å². The number of carbonyl (C=O) groups is 1. The van der Waals surface area contributed by atoms with Crippen LogP contribution in [0.3, 0.4) is 0 Å². The molecule has 0 aliphatic carbocycles. The summed E-state index contributed by atoms with van der Waals surface area (Å²) in [6.07, 6.45) is 0.645. The Hall–Kier alpha value is -1.36. The van der Waals surface area contributed by atoms with E-state index in [9.17, 15) is 13.2 Å². The molecule has 0 fully saturated rings. The van der Waals surface area contributed by atoms with Gasteiger partial charge in [-0.2, -0.15) is 0 Å². The molecule has 0 saturated carbocycles. The highest BCUT2D eigenvalue weighted by Gasteiger charge is 2.33. The lowest BCUT2D eigenvalue weighted by atomic mass is 10.2. The quantitative estimate of drug-likeness (QED) is 0.891. The lowest BCUT2D eigenvalue weighted by molar-refractivity contribution is -0.136. The van der Waals surface area contributed by atoms with Crippen molar-refractivity contribution < 1.29 is 18.3 Å². The minimum absolute atomic E-state index is 0.119. The summed E-state index contributed by atoms with van der Waals surface area (Å²) >= 11 is 0. The molecule has 100 valence electrons. The van der Waals surface area contributed by atoms with Gasteiger partial charge in [0.2, 0.25) is 0 Å². The number of aryl methyl sites for hydroxylation is 2. The van der Waals surface area contributed by atoms with E-state index in [1.807, 2.05) is 6.92 Å². The third-order valence-corrected chi connectivity index (χ3v) is 5.10. The molecule has 0 saturated heterocycles. The van der Waals surface area contributed by atoms with E-state index in [0.29, 0.717) is 12.0 Å². The van der Waals surface area contributed by atoms with Crippen molar-refractivity contribution in [3.8, 4) is 0 Å². The van der Waals surface area contributed by atoms with Gasteiger partial charge in [0.25, 0.3) is 0 Å². The Morgan fingerprint density at radius 3 is 2.39 bits per heavy atom. The summed E-state index contributed by atoms with van der Waals surface area (Å²) in [7, 11) is -3.81. The van der Waals surface area contributed by atoms with E-state index in [1.165, 1.54) is 6.07 Å². The fraction of sp³-hybridized carbons (Fsp3) is 0.462. The Kier molecular flexibility index (Phi) is 4.51. The van der Waals surface area contributed by atoms with Crippen LogP contribution in [0, 0.1) is 13.8 Å². The predicted octanol–water partition coefficient (Wildman–Crippen LogP) is 2.33. The highest BCUT2D eigenvalue weighted by atomic mass is 32.2. The molecule has 18 heavy (non-hydrogen) atoms. The second-order valence-electron chi connectivity index (χ2n) is 4.43. The van der Waals surface area contributed by atoms with Gasteiger partial charge < -0.3 is 5.11 Å². The molecule has 1 aromatic rings. The Balaban J connectivity index is 3.31. The fourth-order valence-electron chi connectivity index (χ4n) is 1.95. The first-order valence-electron chi connectivity index (χ1n) is 5.84. The van der Waals surface area contributed by atoms with Crippen molar-refractivity contribution in [3.05, 3.63) is 29.3 Å². The summed E-state index contributed by atoms with van der Waals surface area (Å²) in [5.41, 5.74) is 1.55. The summed E-state index contributed by atoms with van der Waals surface area (Å²) in [6.45, 7) is 5.32. The normalized spacial score (nSPS) is 13.3. The molecule has 0 amide bonds. The largest absolute Gasteiger partial charge is 0.480 e. The standard InChI is InChI=1S/C13H18O4S/c1-4-5-12(13(14)15)18(16,17)11-7-6-9(2)8-10(11)3/h6-8,12H,4-5H2,1-3H3,(H,14,15). The van der Waals surface area contributed by atoms with Crippen LogP contribution < -0.4 is 0 Å². The van der Waals surface area contributed by atoms with Gasteiger partial charge in [-0.1, -0.05) is 31.0 Å². The molecule has 0 bridgehead atoms. The molecule has 0 aliphatic rings. The van der Waals surface area contributed by atoms with Gasteiger partial charge in [0, 0.05) is 0 Å². The van der Waals surface area contributed by atoms with Crippen LogP contribution in [-0.2, 0) is 14.6 Å². The molecule has 0 spiro atoms. The Labute approximate surface area is 108 Å². The minimum atomic E-state index is -3.81. The van der Waals surface area contributed by atoms with E-state index in [2.05, 4.69) is 0 Å². The van der Waals surface area contributed by atoms with Crippen LogP contribution in [0.15, 0.2) is 23.1 Å². The van der Waals surface area contributed by atoms with Crippen LogP contribution in [0.2, 0.25) is 0 Å². The SMILES string of the molecule is CCCC(C(=O)O)S(=O)(=O)c1ccc(C)cc1C. The summed E-state index contributed by atoms with van der Waals surface area (Å²) < 4.78 is 24.6. The number of hydrogen-bond acceptors (Lipinski definition) is 3. The summed E-state index contributed by atoms with van der Waals surface area (Å²) in [4.78, 5) is 11.2. The molecular formula is C13H18O4S. The van der Waals surface area contributed by atoms with Gasteiger partial charge in [-0.15, -0.1) is 0 Å². The zero-order valence-electron chi connectivity index (χ0n) is 10.8. The van der Waals surface area contributed by atoms with Gasteiger partial charge in [-0.3, -0.25) is 4.79 Å². The summed E-state index contributed by atoms with van der Waals surface area (Å²) in [5.74, 6) is -1.28. The van der Waals surface area contributed by atoms with Crippen molar-refractivity contribution in [2.45, 2.75) is 43.8 Å². The van der Waals surface area contributed by atoms with Crippen LogP contribution in [-0.4, -0.2) is 24.7 Å². The van der Waals surface area contributed by atoms with Gasteiger partial charge >= 0.3 is 5.97 Å². The van der Waals surface area contributed by atoms with Gasteiger partial charge in [0.1, 0.15) is 0 Å². The molecular weight excluding hydrogens is 252 g/mol. The van der Waals surface area contributed by atoms with Gasteiger partial charge in [0.05, 0.1) is 4.90 Å². The average Bonchev–Trinajstić information content (AvgIpc) is 2.24. The van der Waals surface area contributed by atoms with Crippen molar-refractivity contribution in [1.29, 1.82) is 0 Å². The zero-order chi connectivity index (χ0) is 13.9. The predicted molar refractivity (Wildman–Crippen MR) is 69.4 cm³/mol. The lowest BCUT2D eigenvalue weighted by Crippen LogP contribution is -2.30. The zero-order valence-corrected chi connectivity index (χ0v) is 11.6. The molecule has 1 rings (SSSR count). The number of aliphatic carboxylic acids is 1. The van der Waals surface area contributed by atoms with Gasteiger partial charge in [-0.25, -0.2) is 8.42 Å². The van der Waals surface area contributed by atoms with Gasteiger partial charge in [0.15, 0.2) is 15.1 Å². The molecule has 1 unspecified atom stereocenters. The van der Waals surface area contributed by atoms with Crippen molar-refractivity contribution >= 4 is 15.8 Å². The Bertz CT molecular complexity index is 546. The van der Waals surface area contributed by atoms with E-state index >= 15 is 0 Å². The highest BCUT2D eigenvalue weighted by molar-refractivity contribution is 7.92. The maximum absolute atomic E-state index is 12.3. The second-order valence-corrected chi connectivity index (χ2v) is 6.53. The number of rotatable bonds is 5. The lowest BCUT2D eigenvalue weighted by Gasteiger charge is -2.14. The smallest absolute Gasteiger partial charge is 0.322 e. The topological polar surface area (TPSA) is 71.4 Å². The number of carboxylic acid groups (broad SMARTS) is 1. The Morgan fingerprint density at radius 2 is 1.94 bits per heavy atom. The molecule has 1 N–H and O–H groups in total. The fourth-order valence-corrected chi connectivity index (χ4v) is 3.83. The Morgan fingerprint density at radius 1 is 1.33 bits per heavy atom. The summed E-state index contributed by atoms with van der Waals surface area (Å²) in [6, 6.07) is 4.92. The molecule has 0 radical (unpaired) electrons. The first kappa shape index (κ1) is 14.7. The molecule has 5 heteroatoms. The number of hydrogen-bond donors (Lipinski definition) is 1. The first-order chi connectivity index (χ1) is 8.30. The first-order valence-corrected chi connectivity index (χ1v) is 7.39. The van der Waals surface area contributed by atoms with Crippen LogP contribution >= 0.6 is 0 Å². The van der Waals surface area contributed by atoms with E-state index in [1.54, 1.807) is 26.0 Å². The van der Waals surface area contributed by atoms with E-state index < -0.39 is 21.1 Å². The third kappa shape index (κ3) is 2.90. The van der Waals surface area contributed by atoms with Crippen molar-refractivity contribution in [2.24, 2.45) is 0 Å². The minimum Gasteiger partial charge on any atom is -0.480 e. The molecule has 0 aromatic heterocycles. The maximum atomic E-state index is 12.3. The van der Waals surface area contributed by atoms with Crippen LogP contribution in [0.1, 0.15) is 30.9 Å². The highest BCUT2D eigenvalue weighted by Crippen LogP contribution is 2.23. The van der Waals surface area contributed by atoms with Crippen molar-refractivity contribution in [3.63, 3.8) is 0 Å². The van der Waals surface area contributed by atoms with Crippen LogP contribution in [0.5, 0.6) is 0 Å². The van der Waals surface area contributed by atoms with Crippen LogP contribution in [0.4, 0.5) is 0 Å². The number of benzene rings is 1. The molecule has 4 nitrogen and oxygen atoms in total. The van der Waals surface area contributed by atoms with Crippen molar-refractivity contribution in [2.75, 3.05) is 0 Å². The number of carboxylic acids is 1. The molecule has 1 atom stereocenters. The van der Waals surface area contributed by atoms with E-state index in [4.69, 9.17) is 5.11 Å². The monoisotopic (exact) mass is 270 g/mol. The summed E-state index contributed by atoms with van der Waals surface area (Å²) in [5, 5.41) is 7.71. The van der Waals surface area contributed by atoms with Gasteiger partial charge in [-0.05, 0) is 31.9 Å². The molecule has 1 aromatic carbocycles. The van der Waals surface area contributed by atoms with Crippen LogP contribution in [0.25, 0.3) is 0 Å². The number of sulfone groups is 1.